The number of aromatic nitrogens is 1. The molecule has 0 radical (unpaired) electrons. The Kier molecular flexibility index (Phi) is 7.77. The van der Waals surface area contributed by atoms with Crippen LogP contribution >= 0.6 is 0 Å². The third kappa shape index (κ3) is 5.61. The van der Waals surface area contributed by atoms with Crippen LogP contribution in [0.4, 0.5) is 5.69 Å². The molecule has 1 aromatic heterocycles. The summed E-state index contributed by atoms with van der Waals surface area (Å²) >= 11 is 0. The molecule has 2 aromatic carbocycles. The maximum atomic E-state index is 12.7. The topological polar surface area (TPSA) is 93.3 Å². The summed E-state index contributed by atoms with van der Waals surface area (Å²) in [4.78, 5) is 25.3. The zero-order valence-corrected chi connectivity index (χ0v) is 20.8. The van der Waals surface area contributed by atoms with Crippen molar-refractivity contribution in [3.63, 3.8) is 0 Å². The maximum absolute atomic E-state index is 12.7. The summed E-state index contributed by atoms with van der Waals surface area (Å²) in [7, 11) is 1.61. The molecule has 7 nitrogen and oxygen atoms in total. The van der Waals surface area contributed by atoms with Crippen molar-refractivity contribution in [2.45, 2.75) is 40.7 Å². The molecular weight excluding hydrogens is 442 g/mol. The van der Waals surface area contributed by atoms with Gasteiger partial charge in [-0.05, 0) is 87.7 Å². The highest BCUT2D eigenvalue weighted by Crippen LogP contribution is 2.25. The highest BCUT2D eigenvalue weighted by molar-refractivity contribution is 6.01. The predicted molar refractivity (Wildman–Crippen MR) is 135 cm³/mol. The van der Waals surface area contributed by atoms with E-state index in [9.17, 15) is 14.9 Å². The average Bonchev–Trinajstić information content (AvgIpc) is 3.12. The lowest BCUT2D eigenvalue weighted by Gasteiger charge is -2.16. The van der Waals surface area contributed by atoms with E-state index in [1.807, 2.05) is 86.9 Å². The molecule has 35 heavy (non-hydrogen) atoms. The summed E-state index contributed by atoms with van der Waals surface area (Å²) in [5.74, 6) is -0.571. The molecular formula is C28H29N3O4. The van der Waals surface area contributed by atoms with Gasteiger partial charge in [-0.25, -0.2) is 4.79 Å². The molecule has 0 saturated heterocycles. The van der Waals surface area contributed by atoms with Crippen LogP contribution in [0.5, 0.6) is 5.75 Å². The number of nitrogens with zero attached hydrogens (tertiary/aromatic N) is 2. The average molecular weight is 472 g/mol. The Morgan fingerprint density at radius 3 is 2.26 bits per heavy atom. The minimum atomic E-state index is -1.08. The molecule has 1 heterocycles. The monoisotopic (exact) mass is 471 g/mol. The van der Waals surface area contributed by atoms with E-state index in [0.29, 0.717) is 11.3 Å². The lowest BCUT2D eigenvalue weighted by Crippen LogP contribution is -2.30. The van der Waals surface area contributed by atoms with Crippen LogP contribution in [0.25, 0.3) is 11.8 Å². The van der Waals surface area contributed by atoms with Crippen molar-refractivity contribution in [1.82, 2.24) is 4.57 Å². The SMILES string of the molecule is COc1ccc(-n2c(C)cc(/C=C(\C#N)C(=O)OC(C)C(=O)Nc3c(C)cccc3C)c2C)cc1. The van der Waals surface area contributed by atoms with Gasteiger partial charge in [0.15, 0.2) is 6.10 Å². The summed E-state index contributed by atoms with van der Waals surface area (Å²) in [6, 6.07) is 17.1. The lowest BCUT2D eigenvalue weighted by molar-refractivity contribution is -0.148. The van der Waals surface area contributed by atoms with Gasteiger partial charge in [0.05, 0.1) is 7.11 Å². The first kappa shape index (κ1) is 25.3. The van der Waals surface area contributed by atoms with Gasteiger partial charge in [0.1, 0.15) is 17.4 Å². The zero-order chi connectivity index (χ0) is 25.7. The molecule has 0 bridgehead atoms. The number of hydrogen-bond donors (Lipinski definition) is 1. The largest absolute Gasteiger partial charge is 0.497 e. The van der Waals surface area contributed by atoms with Crippen molar-refractivity contribution in [1.29, 1.82) is 5.26 Å². The van der Waals surface area contributed by atoms with Gasteiger partial charge in [-0.2, -0.15) is 5.26 Å². The second-order valence-electron chi connectivity index (χ2n) is 8.33. The second kappa shape index (κ2) is 10.7. The van der Waals surface area contributed by atoms with Gasteiger partial charge in [-0.3, -0.25) is 4.79 Å². The molecule has 3 rings (SSSR count). The number of methoxy groups -OCH3 is 1. The van der Waals surface area contributed by atoms with Crippen LogP contribution in [-0.4, -0.2) is 29.7 Å². The fraction of sp³-hybridized carbons (Fsp3) is 0.250. The van der Waals surface area contributed by atoms with E-state index in [0.717, 1.165) is 34.0 Å². The van der Waals surface area contributed by atoms with Crippen molar-refractivity contribution in [3.8, 4) is 17.5 Å². The molecule has 180 valence electrons. The van der Waals surface area contributed by atoms with Gasteiger partial charge in [0.2, 0.25) is 0 Å². The van der Waals surface area contributed by atoms with Gasteiger partial charge in [0.25, 0.3) is 5.91 Å². The van der Waals surface area contributed by atoms with E-state index in [4.69, 9.17) is 9.47 Å². The fourth-order valence-corrected chi connectivity index (χ4v) is 3.87. The third-order valence-electron chi connectivity index (χ3n) is 5.82. The molecule has 0 saturated carbocycles. The normalized spacial score (nSPS) is 12.0. The Bertz CT molecular complexity index is 1310. The van der Waals surface area contributed by atoms with Crippen LogP contribution in [0.1, 0.15) is 35.0 Å². The summed E-state index contributed by atoms with van der Waals surface area (Å²) in [6.45, 7) is 9.10. The Morgan fingerprint density at radius 1 is 1.06 bits per heavy atom. The third-order valence-corrected chi connectivity index (χ3v) is 5.82. The minimum absolute atomic E-state index is 0.188. The smallest absolute Gasteiger partial charge is 0.349 e. The summed E-state index contributed by atoms with van der Waals surface area (Å²) in [5, 5.41) is 12.4. The number of rotatable bonds is 7. The Balaban J connectivity index is 1.78. The molecule has 0 spiro atoms. The van der Waals surface area contributed by atoms with Gasteiger partial charge >= 0.3 is 5.97 Å². The maximum Gasteiger partial charge on any atom is 0.349 e. The number of nitriles is 1. The number of carbonyl (C=O) groups excluding carboxylic acids is 2. The fourth-order valence-electron chi connectivity index (χ4n) is 3.87. The summed E-state index contributed by atoms with van der Waals surface area (Å²) in [6.07, 6.45) is 0.408. The molecule has 7 heteroatoms. The molecule has 1 N–H and O–H groups in total. The number of para-hydroxylation sites is 1. The standard InChI is InChI=1S/C28H29N3O4/c1-17-8-7-9-18(2)26(17)30-27(32)21(5)35-28(33)23(16-29)15-22-14-19(3)31(20(22)4)24-10-12-25(34-6)13-11-24/h7-15,21H,1-6H3,(H,30,32)/b23-15+. The van der Waals surface area contributed by atoms with E-state index in [1.165, 1.54) is 13.0 Å². The van der Waals surface area contributed by atoms with E-state index >= 15 is 0 Å². The first-order chi connectivity index (χ1) is 16.7. The highest BCUT2D eigenvalue weighted by atomic mass is 16.5. The molecule has 0 fully saturated rings. The number of aryl methyl sites for hydroxylation is 3. The van der Waals surface area contributed by atoms with E-state index < -0.39 is 18.0 Å². The Labute approximate surface area is 205 Å². The predicted octanol–water partition coefficient (Wildman–Crippen LogP) is 5.20. The van der Waals surface area contributed by atoms with Crippen LogP contribution in [0.15, 0.2) is 54.1 Å². The number of benzene rings is 2. The molecule has 0 aliphatic carbocycles. The Morgan fingerprint density at radius 2 is 1.69 bits per heavy atom. The van der Waals surface area contributed by atoms with E-state index in [2.05, 4.69) is 5.32 Å². The number of amides is 1. The quantitative estimate of drug-likeness (QED) is 0.291. The van der Waals surface area contributed by atoms with Gasteiger partial charge in [0, 0.05) is 22.8 Å². The molecule has 1 unspecified atom stereocenters. The van der Waals surface area contributed by atoms with Crippen LogP contribution in [-0.2, 0) is 14.3 Å². The van der Waals surface area contributed by atoms with Crippen LogP contribution in [0, 0.1) is 39.0 Å². The van der Waals surface area contributed by atoms with Crippen molar-refractivity contribution < 1.29 is 19.1 Å². The number of carbonyl (C=O) groups is 2. The van der Waals surface area contributed by atoms with Crippen molar-refractivity contribution in [2.75, 3.05) is 12.4 Å². The van der Waals surface area contributed by atoms with E-state index in [-0.39, 0.29) is 5.57 Å². The molecule has 1 atom stereocenters. The molecule has 3 aromatic rings. The van der Waals surface area contributed by atoms with Crippen molar-refractivity contribution >= 4 is 23.6 Å². The summed E-state index contributed by atoms with van der Waals surface area (Å²) in [5.41, 5.74) is 5.73. The lowest BCUT2D eigenvalue weighted by atomic mass is 10.1. The van der Waals surface area contributed by atoms with Crippen LogP contribution in [0.2, 0.25) is 0 Å². The second-order valence-corrected chi connectivity index (χ2v) is 8.33. The van der Waals surface area contributed by atoms with Gasteiger partial charge in [-0.15, -0.1) is 0 Å². The Hall–Kier alpha value is -4.31. The number of anilines is 1. The minimum Gasteiger partial charge on any atom is -0.497 e. The van der Waals surface area contributed by atoms with Crippen LogP contribution < -0.4 is 10.1 Å². The molecule has 0 aliphatic heterocycles. The number of esters is 1. The highest BCUT2D eigenvalue weighted by Gasteiger charge is 2.22. The zero-order valence-electron chi connectivity index (χ0n) is 20.8. The van der Waals surface area contributed by atoms with E-state index in [1.54, 1.807) is 7.11 Å². The van der Waals surface area contributed by atoms with Gasteiger partial charge in [-0.1, -0.05) is 18.2 Å². The number of ether oxygens (including phenoxy) is 2. The van der Waals surface area contributed by atoms with Gasteiger partial charge < -0.3 is 19.4 Å². The van der Waals surface area contributed by atoms with Crippen molar-refractivity contribution in [3.05, 3.63) is 82.2 Å². The van der Waals surface area contributed by atoms with Crippen LogP contribution in [0.3, 0.4) is 0 Å². The molecule has 0 aliphatic rings. The number of hydrogen-bond acceptors (Lipinski definition) is 5. The molecule has 1 amide bonds. The van der Waals surface area contributed by atoms with Crippen molar-refractivity contribution in [2.24, 2.45) is 0 Å². The summed E-state index contributed by atoms with van der Waals surface area (Å²) < 4.78 is 12.6. The number of nitrogens with one attached hydrogen (secondary N) is 1. The first-order valence-electron chi connectivity index (χ1n) is 11.2. The first-order valence-corrected chi connectivity index (χ1v) is 11.2.